The van der Waals surface area contributed by atoms with Crippen LogP contribution < -0.4 is 5.32 Å². The molecule has 156 valence electrons. The molecule has 6 heteroatoms. The average Bonchev–Trinajstić information content (AvgIpc) is 3.51. The Hall–Kier alpha value is -1.40. The highest BCUT2D eigenvalue weighted by Gasteiger charge is 2.27. The molecule has 2 aliphatic rings. The van der Waals surface area contributed by atoms with Gasteiger partial charge in [0.05, 0.1) is 5.75 Å². The molecular formula is C22H34N2O3S. The van der Waals surface area contributed by atoms with Crippen molar-refractivity contribution in [1.29, 1.82) is 0 Å². The van der Waals surface area contributed by atoms with Gasteiger partial charge in [-0.1, -0.05) is 31.2 Å². The van der Waals surface area contributed by atoms with Gasteiger partial charge in [-0.25, -0.2) is 12.7 Å². The molecule has 1 amide bonds. The molecule has 0 bridgehead atoms. The lowest BCUT2D eigenvalue weighted by atomic mass is 9.90. The van der Waals surface area contributed by atoms with Crippen LogP contribution in [-0.2, 0) is 27.7 Å². The molecule has 0 aromatic heterocycles. The normalized spacial score (nSPS) is 18.9. The molecule has 0 unspecified atom stereocenters. The Bertz CT molecular complexity index is 734. The number of piperidine rings is 1. The molecule has 1 heterocycles. The lowest BCUT2D eigenvalue weighted by molar-refractivity contribution is -0.121. The molecule has 1 saturated heterocycles. The maximum Gasteiger partial charge on any atom is 0.220 e. The van der Waals surface area contributed by atoms with Crippen LogP contribution >= 0.6 is 0 Å². The fourth-order valence-corrected chi connectivity index (χ4v) is 5.42. The molecule has 1 saturated carbocycles. The Kier molecular flexibility index (Phi) is 7.52. The molecule has 0 radical (unpaired) electrons. The molecule has 1 aliphatic carbocycles. The average molecular weight is 407 g/mol. The second kappa shape index (κ2) is 9.88. The summed E-state index contributed by atoms with van der Waals surface area (Å²) in [5.74, 6) is 1.69. The standard InChI is InChI=1S/C22H34N2O3S/c1-2-15-28(26,27)24-13-11-20(12-14-24)16-19-5-3-18(4-6-19)9-10-22(25)23-17-21-7-8-21/h3-6,20-21H,2,7-17H2,1H3,(H,23,25). The number of carbonyl (C=O) groups is 1. The Morgan fingerprint density at radius 2 is 1.68 bits per heavy atom. The largest absolute Gasteiger partial charge is 0.356 e. The van der Waals surface area contributed by atoms with Crippen LogP contribution in [0.15, 0.2) is 24.3 Å². The third-order valence-electron chi connectivity index (χ3n) is 5.90. The van der Waals surface area contributed by atoms with Gasteiger partial charge in [0.2, 0.25) is 15.9 Å². The fraction of sp³-hybridized carbons (Fsp3) is 0.682. The van der Waals surface area contributed by atoms with E-state index < -0.39 is 10.0 Å². The molecule has 1 aliphatic heterocycles. The first-order valence-corrected chi connectivity index (χ1v) is 12.4. The summed E-state index contributed by atoms with van der Waals surface area (Å²) in [6.45, 7) is 4.06. The van der Waals surface area contributed by atoms with E-state index >= 15 is 0 Å². The van der Waals surface area contributed by atoms with Crippen molar-refractivity contribution >= 4 is 15.9 Å². The lowest BCUT2D eigenvalue weighted by Gasteiger charge is -2.31. The zero-order valence-electron chi connectivity index (χ0n) is 17.0. The first-order chi connectivity index (χ1) is 13.5. The maximum absolute atomic E-state index is 12.2. The van der Waals surface area contributed by atoms with Crippen LogP contribution in [0.4, 0.5) is 0 Å². The smallest absolute Gasteiger partial charge is 0.220 e. The highest BCUT2D eigenvalue weighted by molar-refractivity contribution is 7.89. The molecule has 5 nitrogen and oxygen atoms in total. The van der Waals surface area contributed by atoms with Gasteiger partial charge in [0.25, 0.3) is 0 Å². The molecule has 28 heavy (non-hydrogen) atoms. The molecule has 0 atom stereocenters. The third kappa shape index (κ3) is 6.59. The summed E-state index contributed by atoms with van der Waals surface area (Å²) in [5.41, 5.74) is 2.50. The predicted molar refractivity (Wildman–Crippen MR) is 113 cm³/mol. The van der Waals surface area contributed by atoms with Gasteiger partial charge in [0.15, 0.2) is 0 Å². The van der Waals surface area contributed by atoms with E-state index in [1.165, 1.54) is 24.0 Å². The van der Waals surface area contributed by atoms with Gasteiger partial charge in [-0.15, -0.1) is 0 Å². The number of sulfonamides is 1. The van der Waals surface area contributed by atoms with E-state index in [0.717, 1.165) is 38.1 Å². The van der Waals surface area contributed by atoms with Gasteiger partial charge in [-0.2, -0.15) is 0 Å². The second-order valence-corrected chi connectivity index (χ2v) is 10.5. The molecule has 0 spiro atoms. The summed E-state index contributed by atoms with van der Waals surface area (Å²) >= 11 is 0. The lowest BCUT2D eigenvalue weighted by Crippen LogP contribution is -2.40. The van der Waals surface area contributed by atoms with E-state index in [1.807, 2.05) is 6.92 Å². The summed E-state index contributed by atoms with van der Waals surface area (Å²) in [7, 11) is -3.05. The monoisotopic (exact) mass is 406 g/mol. The van der Waals surface area contributed by atoms with Gasteiger partial charge < -0.3 is 5.32 Å². The molecule has 1 aromatic rings. The molecular weight excluding hydrogens is 372 g/mol. The molecule has 1 N–H and O–H groups in total. The van der Waals surface area contributed by atoms with Crippen molar-refractivity contribution < 1.29 is 13.2 Å². The van der Waals surface area contributed by atoms with Crippen molar-refractivity contribution in [3.63, 3.8) is 0 Å². The maximum atomic E-state index is 12.2. The number of carbonyl (C=O) groups excluding carboxylic acids is 1. The van der Waals surface area contributed by atoms with E-state index in [-0.39, 0.29) is 11.7 Å². The van der Waals surface area contributed by atoms with E-state index in [2.05, 4.69) is 29.6 Å². The van der Waals surface area contributed by atoms with Crippen LogP contribution in [0.25, 0.3) is 0 Å². The molecule has 2 fully saturated rings. The SMILES string of the molecule is CCCS(=O)(=O)N1CCC(Cc2ccc(CCC(=O)NCC3CC3)cc2)CC1. The number of hydrogen-bond acceptors (Lipinski definition) is 3. The Morgan fingerprint density at radius 3 is 2.29 bits per heavy atom. The Morgan fingerprint density at radius 1 is 1.04 bits per heavy atom. The van der Waals surface area contributed by atoms with E-state index in [4.69, 9.17) is 0 Å². The Balaban J connectivity index is 1.39. The van der Waals surface area contributed by atoms with Gasteiger partial charge in [0, 0.05) is 26.1 Å². The number of nitrogens with zero attached hydrogens (tertiary/aromatic N) is 1. The van der Waals surface area contributed by atoms with Gasteiger partial charge in [-0.3, -0.25) is 4.79 Å². The first kappa shape index (κ1) is 21.3. The van der Waals surface area contributed by atoms with Crippen LogP contribution in [0.2, 0.25) is 0 Å². The number of hydrogen-bond donors (Lipinski definition) is 1. The van der Waals surface area contributed by atoms with Crippen molar-refractivity contribution in [3.05, 3.63) is 35.4 Å². The van der Waals surface area contributed by atoms with Gasteiger partial charge in [-0.05, 0) is 67.9 Å². The minimum atomic E-state index is -3.05. The van der Waals surface area contributed by atoms with Crippen LogP contribution in [0.1, 0.15) is 56.6 Å². The summed E-state index contributed by atoms with van der Waals surface area (Å²) in [5, 5.41) is 3.02. The van der Waals surface area contributed by atoms with Crippen molar-refractivity contribution in [2.75, 3.05) is 25.4 Å². The summed E-state index contributed by atoms with van der Waals surface area (Å²) in [4.78, 5) is 11.9. The molecule has 3 rings (SSSR count). The Labute approximate surface area is 169 Å². The predicted octanol–water partition coefficient (Wildman–Crippen LogP) is 3.14. The topological polar surface area (TPSA) is 66.5 Å². The van der Waals surface area contributed by atoms with Crippen molar-refractivity contribution in [2.45, 2.75) is 58.3 Å². The van der Waals surface area contributed by atoms with Crippen LogP contribution in [-0.4, -0.2) is 44.0 Å². The third-order valence-corrected chi connectivity index (χ3v) is 7.98. The van der Waals surface area contributed by atoms with Crippen molar-refractivity contribution in [1.82, 2.24) is 9.62 Å². The zero-order chi connectivity index (χ0) is 20.0. The number of benzene rings is 1. The van der Waals surface area contributed by atoms with Crippen LogP contribution in [0.3, 0.4) is 0 Å². The quantitative estimate of drug-likeness (QED) is 0.649. The second-order valence-electron chi connectivity index (χ2n) is 8.43. The van der Waals surface area contributed by atoms with E-state index in [1.54, 1.807) is 4.31 Å². The highest BCUT2D eigenvalue weighted by atomic mass is 32.2. The minimum absolute atomic E-state index is 0.153. The van der Waals surface area contributed by atoms with Gasteiger partial charge in [0.1, 0.15) is 0 Å². The zero-order valence-corrected chi connectivity index (χ0v) is 17.8. The first-order valence-electron chi connectivity index (χ1n) is 10.8. The van der Waals surface area contributed by atoms with E-state index in [0.29, 0.717) is 31.8 Å². The van der Waals surface area contributed by atoms with Crippen LogP contribution in [0.5, 0.6) is 0 Å². The molecule has 1 aromatic carbocycles. The summed E-state index contributed by atoms with van der Waals surface area (Å²) in [6.07, 6.45) is 7.41. The summed E-state index contributed by atoms with van der Waals surface area (Å²) < 4.78 is 26.0. The van der Waals surface area contributed by atoms with Crippen LogP contribution in [0, 0.1) is 11.8 Å². The van der Waals surface area contributed by atoms with Crippen molar-refractivity contribution in [2.24, 2.45) is 11.8 Å². The van der Waals surface area contributed by atoms with Crippen molar-refractivity contribution in [3.8, 4) is 0 Å². The van der Waals surface area contributed by atoms with E-state index in [9.17, 15) is 13.2 Å². The number of rotatable bonds is 10. The number of aryl methyl sites for hydroxylation is 1. The minimum Gasteiger partial charge on any atom is -0.356 e. The number of amides is 1. The highest BCUT2D eigenvalue weighted by Crippen LogP contribution is 2.27. The fourth-order valence-electron chi connectivity index (χ4n) is 3.88. The van der Waals surface area contributed by atoms with Gasteiger partial charge >= 0.3 is 0 Å². The number of nitrogens with one attached hydrogen (secondary N) is 1. The summed E-state index contributed by atoms with van der Waals surface area (Å²) in [6, 6.07) is 8.59.